The fourth-order valence-electron chi connectivity index (χ4n) is 2.32. The van der Waals surface area contributed by atoms with Crippen LogP contribution in [-0.2, 0) is 6.54 Å². The highest BCUT2D eigenvalue weighted by Gasteiger charge is 2.15. The predicted octanol–water partition coefficient (Wildman–Crippen LogP) is 1.71. The standard InChI is InChI=1S/C15H25N5/c1-4-16-15(20-9-5-6-10-20)18-12-13-7-8-17-14(11-13)19(2)3/h7-8,11H,4-6,9-10,12H2,1-3H3,(H,16,18). The predicted molar refractivity (Wildman–Crippen MR) is 84.2 cm³/mol. The number of anilines is 1. The van der Waals surface area contributed by atoms with Crippen LogP contribution in [0, 0.1) is 0 Å². The monoisotopic (exact) mass is 275 g/mol. The Labute approximate surface area is 121 Å². The van der Waals surface area contributed by atoms with Crippen LogP contribution in [0.2, 0.25) is 0 Å². The Balaban J connectivity index is 2.06. The molecule has 1 N–H and O–H groups in total. The molecular formula is C15H25N5. The van der Waals surface area contributed by atoms with Crippen LogP contribution in [-0.4, -0.2) is 49.6 Å². The van der Waals surface area contributed by atoms with E-state index in [9.17, 15) is 0 Å². The molecule has 2 rings (SSSR count). The van der Waals surface area contributed by atoms with E-state index < -0.39 is 0 Å². The topological polar surface area (TPSA) is 43.8 Å². The Bertz CT molecular complexity index is 449. The van der Waals surface area contributed by atoms with Crippen LogP contribution in [0.5, 0.6) is 0 Å². The smallest absolute Gasteiger partial charge is 0.194 e. The van der Waals surface area contributed by atoms with Crippen molar-refractivity contribution in [2.24, 2.45) is 4.99 Å². The van der Waals surface area contributed by atoms with E-state index in [-0.39, 0.29) is 0 Å². The quantitative estimate of drug-likeness (QED) is 0.671. The summed E-state index contributed by atoms with van der Waals surface area (Å²) < 4.78 is 0. The molecule has 5 nitrogen and oxygen atoms in total. The van der Waals surface area contributed by atoms with Crippen LogP contribution in [0.4, 0.5) is 5.82 Å². The molecule has 0 aromatic carbocycles. The van der Waals surface area contributed by atoms with E-state index in [2.05, 4.69) is 28.2 Å². The summed E-state index contributed by atoms with van der Waals surface area (Å²) in [6.07, 6.45) is 4.39. The molecule has 110 valence electrons. The lowest BCUT2D eigenvalue weighted by Crippen LogP contribution is -2.39. The minimum Gasteiger partial charge on any atom is -0.363 e. The molecule has 0 radical (unpaired) electrons. The van der Waals surface area contributed by atoms with E-state index in [1.807, 2.05) is 31.3 Å². The second-order valence-corrected chi connectivity index (χ2v) is 5.28. The molecule has 0 aliphatic carbocycles. The summed E-state index contributed by atoms with van der Waals surface area (Å²) in [4.78, 5) is 13.4. The number of guanidine groups is 1. The van der Waals surface area contributed by atoms with Gasteiger partial charge in [0.15, 0.2) is 5.96 Å². The van der Waals surface area contributed by atoms with Crippen molar-refractivity contribution in [1.29, 1.82) is 0 Å². The first-order chi connectivity index (χ1) is 9.70. The lowest BCUT2D eigenvalue weighted by molar-refractivity contribution is 0.493. The second-order valence-electron chi connectivity index (χ2n) is 5.28. The van der Waals surface area contributed by atoms with E-state index in [0.29, 0.717) is 6.54 Å². The SMILES string of the molecule is CCNC(=NCc1ccnc(N(C)C)c1)N1CCCC1. The van der Waals surface area contributed by atoms with Gasteiger partial charge in [0.2, 0.25) is 0 Å². The zero-order valence-electron chi connectivity index (χ0n) is 12.8. The van der Waals surface area contributed by atoms with Crippen molar-refractivity contribution >= 4 is 11.8 Å². The van der Waals surface area contributed by atoms with Gasteiger partial charge < -0.3 is 15.1 Å². The molecule has 0 spiro atoms. The normalized spacial score (nSPS) is 15.6. The summed E-state index contributed by atoms with van der Waals surface area (Å²) in [5, 5.41) is 3.38. The van der Waals surface area contributed by atoms with Crippen molar-refractivity contribution in [3.63, 3.8) is 0 Å². The maximum atomic E-state index is 4.75. The highest BCUT2D eigenvalue weighted by molar-refractivity contribution is 5.80. The number of nitrogens with zero attached hydrogens (tertiary/aromatic N) is 4. The molecule has 1 aliphatic heterocycles. The van der Waals surface area contributed by atoms with Gasteiger partial charge in [-0.05, 0) is 37.5 Å². The van der Waals surface area contributed by atoms with E-state index in [1.165, 1.54) is 18.4 Å². The van der Waals surface area contributed by atoms with E-state index >= 15 is 0 Å². The highest BCUT2D eigenvalue weighted by Crippen LogP contribution is 2.12. The number of aromatic nitrogens is 1. The first-order valence-corrected chi connectivity index (χ1v) is 7.36. The molecule has 0 unspecified atom stereocenters. The van der Waals surface area contributed by atoms with Crippen LogP contribution in [0.25, 0.3) is 0 Å². The number of rotatable bonds is 4. The molecule has 0 amide bonds. The zero-order valence-corrected chi connectivity index (χ0v) is 12.8. The average Bonchev–Trinajstić information content (AvgIpc) is 2.97. The zero-order chi connectivity index (χ0) is 14.4. The van der Waals surface area contributed by atoms with Gasteiger partial charge in [0.1, 0.15) is 5.82 Å². The molecule has 1 aromatic rings. The molecule has 1 aromatic heterocycles. The Kier molecular flexibility index (Phi) is 5.21. The molecule has 0 bridgehead atoms. The Hall–Kier alpha value is -1.78. The van der Waals surface area contributed by atoms with Gasteiger partial charge in [-0.15, -0.1) is 0 Å². The van der Waals surface area contributed by atoms with Crippen molar-refractivity contribution in [3.05, 3.63) is 23.9 Å². The fraction of sp³-hybridized carbons (Fsp3) is 0.600. The van der Waals surface area contributed by atoms with Gasteiger partial charge in [-0.3, -0.25) is 0 Å². The van der Waals surface area contributed by atoms with Crippen LogP contribution in [0.15, 0.2) is 23.3 Å². The molecule has 1 fully saturated rings. The third-order valence-electron chi connectivity index (χ3n) is 3.42. The van der Waals surface area contributed by atoms with Gasteiger partial charge in [0, 0.05) is 39.9 Å². The van der Waals surface area contributed by atoms with E-state index in [1.54, 1.807) is 0 Å². The summed E-state index contributed by atoms with van der Waals surface area (Å²) in [5.74, 6) is 2.01. The van der Waals surface area contributed by atoms with Gasteiger partial charge in [-0.25, -0.2) is 9.98 Å². The largest absolute Gasteiger partial charge is 0.363 e. The maximum absolute atomic E-state index is 4.75. The summed E-state index contributed by atoms with van der Waals surface area (Å²) in [5.41, 5.74) is 1.19. The lowest BCUT2D eigenvalue weighted by Gasteiger charge is -2.20. The Morgan fingerprint density at radius 3 is 2.80 bits per heavy atom. The number of hydrogen-bond donors (Lipinski definition) is 1. The number of hydrogen-bond acceptors (Lipinski definition) is 3. The van der Waals surface area contributed by atoms with Crippen LogP contribution >= 0.6 is 0 Å². The van der Waals surface area contributed by atoms with Gasteiger partial charge in [-0.2, -0.15) is 0 Å². The minimum absolute atomic E-state index is 0.697. The van der Waals surface area contributed by atoms with Crippen molar-refractivity contribution < 1.29 is 0 Å². The number of nitrogens with one attached hydrogen (secondary N) is 1. The van der Waals surface area contributed by atoms with Crippen LogP contribution in [0.3, 0.4) is 0 Å². The van der Waals surface area contributed by atoms with Crippen molar-refractivity contribution in [1.82, 2.24) is 15.2 Å². The fourth-order valence-corrected chi connectivity index (χ4v) is 2.32. The van der Waals surface area contributed by atoms with E-state index in [4.69, 9.17) is 4.99 Å². The van der Waals surface area contributed by atoms with Crippen molar-refractivity contribution in [3.8, 4) is 0 Å². The maximum Gasteiger partial charge on any atom is 0.194 e. The molecule has 20 heavy (non-hydrogen) atoms. The number of aliphatic imine (C=N–C) groups is 1. The Morgan fingerprint density at radius 1 is 1.40 bits per heavy atom. The third kappa shape index (κ3) is 3.85. The van der Waals surface area contributed by atoms with Crippen LogP contribution < -0.4 is 10.2 Å². The Morgan fingerprint density at radius 2 is 2.15 bits per heavy atom. The summed E-state index contributed by atoms with van der Waals surface area (Å²) in [6, 6.07) is 4.13. The average molecular weight is 275 g/mol. The molecule has 1 saturated heterocycles. The molecular weight excluding hydrogens is 250 g/mol. The molecule has 2 heterocycles. The molecule has 1 aliphatic rings. The van der Waals surface area contributed by atoms with Gasteiger partial charge in [0.25, 0.3) is 0 Å². The van der Waals surface area contributed by atoms with Crippen molar-refractivity contribution in [2.45, 2.75) is 26.3 Å². The lowest BCUT2D eigenvalue weighted by atomic mass is 10.2. The number of pyridine rings is 1. The summed E-state index contributed by atoms with van der Waals surface area (Å²) in [6.45, 7) is 5.95. The second kappa shape index (κ2) is 7.12. The number of likely N-dealkylation sites (tertiary alicyclic amines) is 1. The van der Waals surface area contributed by atoms with Gasteiger partial charge in [-0.1, -0.05) is 0 Å². The van der Waals surface area contributed by atoms with Gasteiger partial charge >= 0.3 is 0 Å². The van der Waals surface area contributed by atoms with Gasteiger partial charge in [0.05, 0.1) is 6.54 Å². The molecule has 0 saturated carbocycles. The highest BCUT2D eigenvalue weighted by atomic mass is 15.3. The summed E-state index contributed by atoms with van der Waals surface area (Å²) >= 11 is 0. The molecule has 0 atom stereocenters. The first-order valence-electron chi connectivity index (χ1n) is 7.36. The van der Waals surface area contributed by atoms with E-state index in [0.717, 1.165) is 31.4 Å². The first kappa shape index (κ1) is 14.6. The van der Waals surface area contributed by atoms with Crippen molar-refractivity contribution in [2.75, 3.05) is 38.6 Å². The minimum atomic E-state index is 0.697. The molecule has 5 heteroatoms. The van der Waals surface area contributed by atoms with Crippen LogP contribution in [0.1, 0.15) is 25.3 Å². The third-order valence-corrected chi connectivity index (χ3v) is 3.42. The summed E-state index contributed by atoms with van der Waals surface area (Å²) in [7, 11) is 4.01.